The molecule has 3 aromatic rings. The van der Waals surface area contributed by atoms with Crippen molar-refractivity contribution in [1.29, 1.82) is 0 Å². The summed E-state index contributed by atoms with van der Waals surface area (Å²) in [5.74, 6) is -0.495. The molecule has 0 radical (unpaired) electrons. The molecule has 4 rings (SSSR count). The summed E-state index contributed by atoms with van der Waals surface area (Å²) in [4.78, 5) is 0.125. The summed E-state index contributed by atoms with van der Waals surface area (Å²) in [6.07, 6.45) is 3.89. The molecule has 31 heavy (non-hydrogen) atoms. The highest BCUT2D eigenvalue weighted by Crippen LogP contribution is 2.32. The lowest BCUT2D eigenvalue weighted by Gasteiger charge is -2.19. The van der Waals surface area contributed by atoms with Crippen LogP contribution in [0.4, 0.5) is 4.39 Å². The van der Waals surface area contributed by atoms with Gasteiger partial charge in [-0.2, -0.15) is 0 Å². The second-order valence-electron chi connectivity index (χ2n) is 7.51. The zero-order valence-corrected chi connectivity index (χ0v) is 19.1. The molecular formula is C22H22FNO4S3. The van der Waals surface area contributed by atoms with E-state index in [2.05, 4.69) is 4.72 Å². The lowest BCUT2D eigenvalue weighted by atomic mass is 9.92. The number of halogens is 1. The molecule has 1 N–H and O–H groups in total. The summed E-state index contributed by atoms with van der Waals surface area (Å²) >= 11 is 1.06. The Balaban J connectivity index is 1.63. The standard InChI is InChI=1S/C22H22FNO4S3/c23-19-10-7-17(8-11-19)21(30(25,26)22-6-3-13-29-22)15-24-31(27,28)20-12-9-16-4-1-2-5-18(16)14-20/h3,6-14,21,24H,1-2,4-5,15H2/t21-/m1/s1. The van der Waals surface area contributed by atoms with E-state index in [4.69, 9.17) is 0 Å². The van der Waals surface area contributed by atoms with E-state index in [1.807, 2.05) is 6.07 Å². The molecule has 0 spiro atoms. The van der Waals surface area contributed by atoms with Gasteiger partial charge in [0.05, 0.1) is 4.90 Å². The highest BCUT2D eigenvalue weighted by Gasteiger charge is 2.31. The van der Waals surface area contributed by atoms with Gasteiger partial charge in [0.1, 0.15) is 15.3 Å². The van der Waals surface area contributed by atoms with Crippen molar-refractivity contribution in [3.05, 3.63) is 82.5 Å². The minimum atomic E-state index is -3.92. The Morgan fingerprint density at radius 1 is 0.935 bits per heavy atom. The lowest BCUT2D eigenvalue weighted by molar-refractivity contribution is 0.569. The van der Waals surface area contributed by atoms with Crippen molar-refractivity contribution in [2.75, 3.05) is 6.54 Å². The number of sulfone groups is 1. The summed E-state index contributed by atoms with van der Waals surface area (Å²) in [6, 6.07) is 13.3. The molecule has 1 aliphatic rings. The van der Waals surface area contributed by atoms with Gasteiger partial charge in [-0.05, 0) is 78.1 Å². The molecule has 9 heteroatoms. The zero-order chi connectivity index (χ0) is 22.1. The highest BCUT2D eigenvalue weighted by atomic mass is 32.2. The summed E-state index contributed by atoms with van der Waals surface area (Å²) in [5, 5.41) is 0.463. The molecule has 0 bridgehead atoms. The molecular weight excluding hydrogens is 457 g/mol. The van der Waals surface area contributed by atoms with Crippen molar-refractivity contribution < 1.29 is 21.2 Å². The molecule has 164 valence electrons. The molecule has 5 nitrogen and oxygen atoms in total. The molecule has 0 fully saturated rings. The third kappa shape index (κ3) is 4.74. The molecule has 2 aromatic carbocycles. The van der Waals surface area contributed by atoms with Crippen molar-refractivity contribution in [2.24, 2.45) is 0 Å². The summed E-state index contributed by atoms with van der Waals surface area (Å²) in [7, 11) is -7.79. The Hall–Kier alpha value is -2.07. The van der Waals surface area contributed by atoms with E-state index in [1.54, 1.807) is 23.6 Å². The molecule has 0 aliphatic heterocycles. The quantitative estimate of drug-likeness (QED) is 0.549. The van der Waals surface area contributed by atoms with Crippen molar-refractivity contribution in [3.63, 3.8) is 0 Å². The van der Waals surface area contributed by atoms with Crippen molar-refractivity contribution >= 4 is 31.2 Å². The van der Waals surface area contributed by atoms with Gasteiger partial charge in [-0.1, -0.05) is 24.3 Å². The summed E-state index contributed by atoms with van der Waals surface area (Å²) < 4.78 is 68.3. The van der Waals surface area contributed by atoms with Gasteiger partial charge in [0, 0.05) is 6.54 Å². The molecule has 1 aliphatic carbocycles. The first-order valence-corrected chi connectivity index (χ1v) is 13.8. The predicted octanol–water partition coefficient (Wildman–Crippen LogP) is 4.26. The van der Waals surface area contributed by atoms with Crippen LogP contribution in [0, 0.1) is 5.82 Å². The average Bonchev–Trinajstić information content (AvgIpc) is 3.30. The Labute approximate surface area is 185 Å². The number of fused-ring (bicyclic) bond motifs is 1. The van der Waals surface area contributed by atoms with Gasteiger partial charge in [-0.15, -0.1) is 11.3 Å². The highest BCUT2D eigenvalue weighted by molar-refractivity contribution is 7.93. The van der Waals surface area contributed by atoms with Gasteiger partial charge in [0.2, 0.25) is 10.0 Å². The SMILES string of the molecule is O=S(=O)(NC[C@H](c1ccc(F)cc1)S(=O)(=O)c1cccs1)c1ccc2c(c1)CCCC2. The second-order valence-corrected chi connectivity index (χ2v) is 12.6. The maximum atomic E-state index is 13.4. The third-order valence-electron chi connectivity index (χ3n) is 5.48. The number of nitrogens with one attached hydrogen (secondary N) is 1. The zero-order valence-electron chi connectivity index (χ0n) is 16.6. The van der Waals surface area contributed by atoms with Crippen LogP contribution in [-0.2, 0) is 32.7 Å². The first-order chi connectivity index (χ1) is 14.8. The van der Waals surface area contributed by atoms with Gasteiger partial charge >= 0.3 is 0 Å². The number of benzene rings is 2. The van der Waals surface area contributed by atoms with Crippen LogP contribution in [0.25, 0.3) is 0 Å². The molecule has 0 unspecified atom stereocenters. The number of hydrogen-bond donors (Lipinski definition) is 1. The fourth-order valence-corrected chi connectivity index (χ4v) is 7.87. The van der Waals surface area contributed by atoms with Crippen molar-refractivity contribution in [2.45, 2.75) is 40.0 Å². The van der Waals surface area contributed by atoms with Crippen LogP contribution in [0.15, 0.2) is 69.1 Å². The van der Waals surface area contributed by atoms with Gasteiger partial charge < -0.3 is 0 Å². The average molecular weight is 480 g/mol. The molecule has 0 amide bonds. The van der Waals surface area contributed by atoms with E-state index in [0.29, 0.717) is 5.56 Å². The van der Waals surface area contributed by atoms with Gasteiger partial charge in [-0.25, -0.2) is 25.9 Å². The molecule has 1 heterocycles. The lowest BCUT2D eigenvalue weighted by Crippen LogP contribution is -2.32. The van der Waals surface area contributed by atoms with Crippen LogP contribution in [0.3, 0.4) is 0 Å². The van der Waals surface area contributed by atoms with Gasteiger partial charge in [-0.3, -0.25) is 0 Å². The van der Waals surface area contributed by atoms with Crippen LogP contribution in [-0.4, -0.2) is 23.4 Å². The van der Waals surface area contributed by atoms with Crippen LogP contribution >= 0.6 is 11.3 Å². The summed E-state index contributed by atoms with van der Waals surface area (Å²) in [5.41, 5.74) is 2.51. The number of aryl methyl sites for hydroxylation is 2. The minimum absolute atomic E-state index is 0.125. The minimum Gasteiger partial charge on any atom is -0.222 e. The molecule has 1 aromatic heterocycles. The molecule has 0 saturated heterocycles. The van der Waals surface area contributed by atoms with Crippen LogP contribution in [0.1, 0.15) is 34.8 Å². The van der Waals surface area contributed by atoms with Gasteiger partial charge in [0.25, 0.3) is 0 Å². The van der Waals surface area contributed by atoms with E-state index in [1.165, 1.54) is 30.3 Å². The Bertz CT molecular complexity index is 1270. The monoisotopic (exact) mass is 479 g/mol. The van der Waals surface area contributed by atoms with E-state index in [9.17, 15) is 21.2 Å². The Kier molecular flexibility index (Phi) is 6.30. The van der Waals surface area contributed by atoms with Gasteiger partial charge in [0.15, 0.2) is 9.84 Å². The third-order valence-corrected chi connectivity index (χ3v) is 10.4. The van der Waals surface area contributed by atoms with E-state index in [0.717, 1.165) is 48.1 Å². The number of hydrogen-bond acceptors (Lipinski definition) is 5. The van der Waals surface area contributed by atoms with Crippen LogP contribution in [0.5, 0.6) is 0 Å². The van der Waals surface area contributed by atoms with E-state index in [-0.39, 0.29) is 15.6 Å². The normalized spacial score (nSPS) is 15.4. The Morgan fingerprint density at radius 2 is 1.65 bits per heavy atom. The molecule has 0 saturated carbocycles. The van der Waals surface area contributed by atoms with E-state index >= 15 is 0 Å². The Morgan fingerprint density at radius 3 is 2.32 bits per heavy atom. The maximum absolute atomic E-state index is 13.4. The van der Waals surface area contributed by atoms with E-state index < -0.39 is 30.9 Å². The number of thiophene rings is 1. The fourth-order valence-electron chi connectivity index (χ4n) is 3.80. The summed E-state index contributed by atoms with van der Waals surface area (Å²) in [6.45, 7) is -0.356. The first kappa shape index (κ1) is 22.1. The number of sulfonamides is 1. The maximum Gasteiger partial charge on any atom is 0.240 e. The van der Waals surface area contributed by atoms with Crippen LogP contribution < -0.4 is 4.72 Å². The fraction of sp³-hybridized carbons (Fsp3) is 0.273. The largest absolute Gasteiger partial charge is 0.240 e. The predicted molar refractivity (Wildman–Crippen MR) is 119 cm³/mol. The topological polar surface area (TPSA) is 80.3 Å². The molecule has 1 atom stereocenters. The van der Waals surface area contributed by atoms with Crippen molar-refractivity contribution in [1.82, 2.24) is 4.72 Å². The van der Waals surface area contributed by atoms with Crippen LogP contribution in [0.2, 0.25) is 0 Å². The van der Waals surface area contributed by atoms with Crippen molar-refractivity contribution in [3.8, 4) is 0 Å². The first-order valence-electron chi connectivity index (χ1n) is 9.92. The number of rotatable bonds is 7. The smallest absolute Gasteiger partial charge is 0.222 e. The second kappa shape index (κ2) is 8.82.